The maximum atomic E-state index is 14.0. The molecule has 4 aromatic rings. The van der Waals surface area contributed by atoms with E-state index in [0.29, 0.717) is 18.2 Å². The highest BCUT2D eigenvalue weighted by Gasteiger charge is 2.72. The molecule has 12 nitrogen and oxygen atoms in total. The van der Waals surface area contributed by atoms with E-state index in [4.69, 9.17) is 9.47 Å². The average Bonchev–Trinajstić information content (AvgIpc) is 3.11. The summed E-state index contributed by atoms with van der Waals surface area (Å²) in [5, 5.41) is 43.1. The van der Waals surface area contributed by atoms with Crippen molar-refractivity contribution >= 4 is 35.0 Å². The van der Waals surface area contributed by atoms with Crippen molar-refractivity contribution in [3.63, 3.8) is 0 Å². The number of carboxylic acids is 2. The number of benzene rings is 4. The molecule has 4 aromatic carbocycles. The number of ether oxygens (including phenoxy) is 2. The molecule has 0 unspecified atom stereocenters. The maximum absolute atomic E-state index is 14.0. The smallest absolute Gasteiger partial charge is 0.430 e. The van der Waals surface area contributed by atoms with Gasteiger partial charge in [0, 0.05) is 47.2 Å². The third-order valence-corrected chi connectivity index (χ3v) is 8.37. The van der Waals surface area contributed by atoms with Crippen LogP contribution in [-0.2, 0) is 11.2 Å². The molecular weight excluding hydrogens is 848 g/mol. The monoisotopic (exact) mass is 872 g/mol. The molecule has 0 atom stereocenters. The quantitative estimate of drug-likeness (QED) is 0.0589. The number of Topliss-reactive ketones (excluding diaryl/α,β-unsaturated/α-hetero) is 1. The molecule has 0 aliphatic carbocycles. The Bertz CT molecular complexity index is 2330. The van der Waals surface area contributed by atoms with Crippen molar-refractivity contribution in [3.05, 3.63) is 106 Å². The van der Waals surface area contributed by atoms with Crippen LogP contribution in [0.3, 0.4) is 0 Å². The van der Waals surface area contributed by atoms with Gasteiger partial charge in [0.1, 0.15) is 23.0 Å². The van der Waals surface area contributed by atoms with Crippen molar-refractivity contribution in [2.24, 2.45) is 0 Å². The van der Waals surface area contributed by atoms with Gasteiger partial charge in [-0.15, -0.1) is 0 Å². The van der Waals surface area contributed by atoms with Gasteiger partial charge >= 0.3 is 36.6 Å². The van der Waals surface area contributed by atoms with Crippen molar-refractivity contribution in [2.75, 3.05) is 17.7 Å². The number of aromatic carboxylic acids is 2. The first kappa shape index (κ1) is 46.1. The fraction of sp³-hybridized carbons (Fsp3) is 0.222. The van der Waals surface area contributed by atoms with Gasteiger partial charge in [0.05, 0.1) is 16.7 Å². The summed E-state index contributed by atoms with van der Waals surface area (Å²) in [6.07, 6.45) is -26.2. The van der Waals surface area contributed by atoms with Crippen molar-refractivity contribution in [1.29, 1.82) is 0 Å². The Kier molecular flexibility index (Phi) is 12.2. The Morgan fingerprint density at radius 2 is 0.867 bits per heavy atom. The van der Waals surface area contributed by atoms with Gasteiger partial charge < -0.3 is 40.5 Å². The summed E-state index contributed by atoms with van der Waals surface area (Å²) in [5.74, 6) is -8.87. The highest BCUT2D eigenvalue weighted by Crippen LogP contribution is 2.53. The molecule has 0 heterocycles. The second-order valence-electron chi connectivity index (χ2n) is 12.4. The Morgan fingerprint density at radius 3 is 1.25 bits per heavy atom. The lowest BCUT2D eigenvalue weighted by Gasteiger charge is -2.33. The van der Waals surface area contributed by atoms with Crippen molar-refractivity contribution in [2.45, 2.75) is 42.8 Å². The molecule has 0 saturated carbocycles. The molecule has 4 rings (SSSR count). The topological polar surface area (TPSA) is 192 Å². The molecule has 6 N–H and O–H groups in total. The highest BCUT2D eigenvalue weighted by molar-refractivity contribution is 6.11. The Labute approximate surface area is 326 Å². The van der Waals surface area contributed by atoms with E-state index in [-0.39, 0.29) is 35.6 Å². The molecule has 0 bridgehead atoms. The van der Waals surface area contributed by atoms with Gasteiger partial charge in [0.15, 0.2) is 5.78 Å². The standard InChI is InChI=1S/C36H24F12N2O10/c1-15(51)26-13-20(3-5-24(26)29(53)54)59-21-4-6-25(30(55)56)27(14-21)28(52)50-19-8-17(32(58,35(43,44)45)36(46,47)48)10-23(12-19)60-22-9-16(7-18(11-22)49-2)31(57,33(37,38)39)34(40,41)42/h3-14,49,57-58H,1-2H3,(H,50,52)(H,53,54)(H,55,56). The lowest BCUT2D eigenvalue weighted by atomic mass is 9.91. The minimum Gasteiger partial charge on any atom is -0.478 e. The number of anilines is 2. The molecular formula is C36H24F12N2O10. The summed E-state index contributed by atoms with van der Waals surface area (Å²) in [6, 6.07) is 6.10. The number of halogens is 12. The number of carbonyl (C=O) groups excluding carboxylic acids is 2. The van der Waals surface area contributed by atoms with E-state index >= 15 is 0 Å². The summed E-state index contributed by atoms with van der Waals surface area (Å²) in [5.41, 5.74) is -20.0. The maximum Gasteiger partial charge on any atom is 0.430 e. The molecule has 24 heteroatoms. The third kappa shape index (κ3) is 8.87. The molecule has 60 heavy (non-hydrogen) atoms. The van der Waals surface area contributed by atoms with Crippen LogP contribution in [0.25, 0.3) is 0 Å². The number of amides is 1. The molecule has 0 spiro atoms. The lowest BCUT2D eigenvalue weighted by molar-refractivity contribution is -0.376. The second-order valence-corrected chi connectivity index (χ2v) is 12.4. The molecule has 0 radical (unpaired) electrons. The Hall–Kier alpha value is -6.56. The van der Waals surface area contributed by atoms with Gasteiger partial charge in [-0.1, -0.05) is 0 Å². The van der Waals surface area contributed by atoms with Crippen LogP contribution in [0.2, 0.25) is 0 Å². The van der Waals surface area contributed by atoms with Crippen molar-refractivity contribution in [3.8, 4) is 23.0 Å². The Morgan fingerprint density at radius 1 is 0.500 bits per heavy atom. The number of aliphatic hydroxyl groups is 2. The van der Waals surface area contributed by atoms with Crippen LogP contribution in [0.1, 0.15) is 59.5 Å². The first-order chi connectivity index (χ1) is 27.3. The fourth-order valence-electron chi connectivity index (χ4n) is 5.42. The number of nitrogens with one attached hydrogen (secondary N) is 2. The number of ketones is 1. The summed E-state index contributed by atoms with van der Waals surface area (Å²) >= 11 is 0. The summed E-state index contributed by atoms with van der Waals surface area (Å²) in [7, 11) is 0.952. The summed E-state index contributed by atoms with van der Waals surface area (Å²) < 4.78 is 177. The number of rotatable bonds is 12. The number of hydrogen-bond acceptors (Lipinski definition) is 9. The van der Waals surface area contributed by atoms with Crippen LogP contribution in [-0.4, -0.2) is 75.8 Å². The van der Waals surface area contributed by atoms with Gasteiger partial charge in [-0.2, -0.15) is 52.7 Å². The van der Waals surface area contributed by atoms with E-state index in [1.165, 1.54) is 0 Å². The van der Waals surface area contributed by atoms with Crippen LogP contribution in [0.4, 0.5) is 64.1 Å². The number of carboxylic acid groups (broad SMARTS) is 2. The van der Waals surface area contributed by atoms with Crippen LogP contribution in [0.15, 0.2) is 72.8 Å². The minimum absolute atomic E-state index is 0.105. The predicted molar refractivity (Wildman–Crippen MR) is 179 cm³/mol. The predicted octanol–water partition coefficient (Wildman–Crippen LogP) is 8.79. The second kappa shape index (κ2) is 15.9. The zero-order valence-electron chi connectivity index (χ0n) is 29.7. The van der Waals surface area contributed by atoms with Crippen molar-refractivity contribution in [1.82, 2.24) is 0 Å². The van der Waals surface area contributed by atoms with E-state index in [1.807, 2.05) is 0 Å². The Balaban J connectivity index is 1.89. The number of hydrogen-bond donors (Lipinski definition) is 6. The van der Waals surface area contributed by atoms with Crippen LogP contribution < -0.4 is 20.1 Å². The zero-order chi connectivity index (χ0) is 45.6. The van der Waals surface area contributed by atoms with Crippen LogP contribution in [0, 0.1) is 0 Å². The average molecular weight is 873 g/mol. The first-order valence-corrected chi connectivity index (χ1v) is 16.0. The zero-order valence-corrected chi connectivity index (χ0v) is 29.7. The molecule has 1 amide bonds. The molecule has 0 fully saturated rings. The molecule has 0 aromatic heterocycles. The van der Waals surface area contributed by atoms with Gasteiger partial charge in [-0.3, -0.25) is 9.59 Å². The van der Waals surface area contributed by atoms with Crippen molar-refractivity contribution < 1.29 is 102 Å². The summed E-state index contributed by atoms with van der Waals surface area (Å²) in [4.78, 5) is 49.0. The first-order valence-electron chi connectivity index (χ1n) is 16.0. The van der Waals surface area contributed by atoms with Gasteiger partial charge in [0.2, 0.25) is 0 Å². The van der Waals surface area contributed by atoms with Crippen LogP contribution in [0.5, 0.6) is 23.0 Å². The highest BCUT2D eigenvalue weighted by atomic mass is 19.4. The lowest BCUT2D eigenvalue weighted by Crippen LogP contribution is -2.54. The van der Waals surface area contributed by atoms with Gasteiger partial charge in [-0.05, 0) is 67.6 Å². The van der Waals surface area contributed by atoms with E-state index in [0.717, 1.165) is 44.3 Å². The van der Waals surface area contributed by atoms with E-state index in [1.54, 1.807) is 5.32 Å². The van der Waals surface area contributed by atoms with Gasteiger partial charge in [0.25, 0.3) is 17.1 Å². The van der Waals surface area contributed by atoms with E-state index in [9.17, 15) is 92.3 Å². The molecule has 0 saturated heterocycles. The SMILES string of the molecule is CNc1cc(Oc2cc(NC(=O)c3cc(Oc4ccc(C(=O)O)c(C(C)=O)c4)ccc3C(=O)O)cc(C(O)(C(F)(F)F)C(F)(F)F)c2)cc(C(O)(C(F)(F)F)C(F)(F)F)c1. The van der Waals surface area contributed by atoms with E-state index < -0.39 is 116 Å². The summed E-state index contributed by atoms with van der Waals surface area (Å²) in [6.45, 7) is 1.02. The third-order valence-electron chi connectivity index (χ3n) is 8.37. The molecule has 322 valence electrons. The minimum atomic E-state index is -6.62. The molecule has 0 aliphatic heterocycles. The normalized spacial score (nSPS) is 12.7. The van der Waals surface area contributed by atoms with Crippen LogP contribution >= 0.6 is 0 Å². The fourth-order valence-corrected chi connectivity index (χ4v) is 5.42. The molecule has 0 aliphatic rings. The van der Waals surface area contributed by atoms with E-state index in [2.05, 4.69) is 5.32 Å². The number of carbonyl (C=O) groups is 4. The largest absolute Gasteiger partial charge is 0.478 e. The number of alkyl halides is 12. The van der Waals surface area contributed by atoms with Gasteiger partial charge in [-0.25, -0.2) is 9.59 Å².